The molecule has 0 saturated heterocycles. The summed E-state index contributed by atoms with van der Waals surface area (Å²) in [5.74, 6) is -0.119. The summed E-state index contributed by atoms with van der Waals surface area (Å²) in [6.07, 6.45) is 4.34. The number of benzene rings is 1. The van der Waals surface area contributed by atoms with E-state index in [9.17, 15) is 4.79 Å². The van der Waals surface area contributed by atoms with Crippen molar-refractivity contribution in [1.82, 2.24) is 30.3 Å². The van der Waals surface area contributed by atoms with Gasteiger partial charge in [0.15, 0.2) is 0 Å². The van der Waals surface area contributed by atoms with Crippen molar-refractivity contribution in [2.45, 2.75) is 13.3 Å². The maximum Gasteiger partial charge on any atom is 0.251 e. The minimum Gasteiger partial charge on any atom is -0.361 e. The van der Waals surface area contributed by atoms with Gasteiger partial charge in [-0.3, -0.25) is 14.5 Å². The smallest absolute Gasteiger partial charge is 0.251 e. The molecule has 1 aromatic carbocycles. The number of pyridine rings is 1. The lowest BCUT2D eigenvalue weighted by Gasteiger charge is -2.09. The number of fused-ring (bicyclic) bond motifs is 1. The van der Waals surface area contributed by atoms with Crippen LogP contribution in [0.5, 0.6) is 0 Å². The normalized spacial score (nSPS) is 11.0. The number of aromatic amines is 1. The first-order valence-electron chi connectivity index (χ1n) is 8.85. The lowest BCUT2D eigenvalue weighted by molar-refractivity contribution is 0.0955. The Morgan fingerprint density at radius 2 is 2.11 bits per heavy atom. The minimum absolute atomic E-state index is 0.119. The molecule has 136 valence electrons. The molecule has 0 aliphatic rings. The number of carbonyl (C=O) groups excluding carboxylic acids is 1. The summed E-state index contributed by atoms with van der Waals surface area (Å²) in [5, 5.41) is 12.1. The Kier molecular flexibility index (Phi) is 4.42. The summed E-state index contributed by atoms with van der Waals surface area (Å²) in [6.45, 7) is 2.47. The summed E-state index contributed by atoms with van der Waals surface area (Å²) in [4.78, 5) is 20.4. The number of rotatable bonds is 5. The summed E-state index contributed by atoms with van der Waals surface area (Å²) >= 11 is 0. The molecule has 0 aliphatic carbocycles. The summed E-state index contributed by atoms with van der Waals surface area (Å²) in [6, 6.07) is 11.8. The maximum absolute atomic E-state index is 12.4. The highest BCUT2D eigenvalue weighted by Crippen LogP contribution is 2.22. The van der Waals surface area contributed by atoms with Crippen molar-refractivity contribution in [2.24, 2.45) is 7.05 Å². The van der Waals surface area contributed by atoms with Crippen molar-refractivity contribution < 1.29 is 4.79 Å². The summed E-state index contributed by atoms with van der Waals surface area (Å²) in [5.41, 5.74) is 4.91. The Bertz CT molecular complexity index is 1110. The number of carbonyl (C=O) groups is 1. The average molecular weight is 360 g/mol. The van der Waals surface area contributed by atoms with E-state index in [1.54, 1.807) is 24.0 Å². The van der Waals surface area contributed by atoms with Crippen molar-refractivity contribution in [3.8, 4) is 11.4 Å². The number of aryl methyl sites for hydroxylation is 1. The Morgan fingerprint density at radius 3 is 2.89 bits per heavy atom. The van der Waals surface area contributed by atoms with Gasteiger partial charge in [0.05, 0.1) is 11.9 Å². The quantitative estimate of drug-likeness (QED) is 0.573. The minimum atomic E-state index is -0.119. The third kappa shape index (κ3) is 3.44. The molecule has 2 N–H and O–H groups in total. The largest absolute Gasteiger partial charge is 0.361 e. The fourth-order valence-corrected chi connectivity index (χ4v) is 3.17. The molecule has 4 aromatic rings. The van der Waals surface area contributed by atoms with E-state index >= 15 is 0 Å². The molecule has 1 amide bonds. The van der Waals surface area contributed by atoms with Crippen LogP contribution in [0.3, 0.4) is 0 Å². The second-order valence-electron chi connectivity index (χ2n) is 6.40. The van der Waals surface area contributed by atoms with Crippen LogP contribution in [0.2, 0.25) is 0 Å². The van der Waals surface area contributed by atoms with Gasteiger partial charge >= 0.3 is 0 Å². The molecule has 0 unspecified atom stereocenters. The van der Waals surface area contributed by atoms with Gasteiger partial charge in [-0.15, -0.1) is 5.10 Å². The van der Waals surface area contributed by atoms with Crippen molar-refractivity contribution >= 4 is 16.8 Å². The van der Waals surface area contributed by atoms with E-state index in [0.717, 1.165) is 22.2 Å². The average Bonchev–Trinajstić information content (AvgIpc) is 3.31. The molecule has 0 aliphatic heterocycles. The van der Waals surface area contributed by atoms with Crippen LogP contribution >= 0.6 is 0 Å². The molecule has 3 heterocycles. The number of amides is 1. The molecular weight excluding hydrogens is 340 g/mol. The molecule has 4 rings (SSSR count). The monoisotopic (exact) mass is 360 g/mol. The van der Waals surface area contributed by atoms with Crippen LogP contribution in [-0.2, 0) is 13.5 Å². The molecule has 27 heavy (non-hydrogen) atoms. The third-order valence-corrected chi connectivity index (χ3v) is 4.40. The van der Waals surface area contributed by atoms with Crippen molar-refractivity contribution in [1.29, 1.82) is 0 Å². The van der Waals surface area contributed by atoms with Gasteiger partial charge in [0.25, 0.3) is 5.91 Å². The number of aromatic nitrogens is 5. The van der Waals surface area contributed by atoms with Gasteiger partial charge in [-0.2, -0.15) is 0 Å². The Hall–Kier alpha value is -3.48. The lowest BCUT2D eigenvalue weighted by atomic mass is 10.0. The number of nitrogens with one attached hydrogen (secondary N) is 2. The first-order chi connectivity index (χ1) is 13.1. The van der Waals surface area contributed by atoms with Crippen LogP contribution < -0.4 is 5.32 Å². The molecular formula is C20H20N6O. The SMILES string of the molecule is CCNC(=O)c1cc(Cc2cccc3[nH]ccc23)nc(-c2cn(C)nn2)c1. The zero-order valence-corrected chi connectivity index (χ0v) is 15.2. The van der Waals surface area contributed by atoms with E-state index in [4.69, 9.17) is 4.98 Å². The lowest BCUT2D eigenvalue weighted by Crippen LogP contribution is -2.23. The maximum atomic E-state index is 12.4. The van der Waals surface area contributed by atoms with Crippen LogP contribution in [0.15, 0.2) is 48.8 Å². The molecule has 0 spiro atoms. The fourth-order valence-electron chi connectivity index (χ4n) is 3.17. The number of nitrogens with zero attached hydrogens (tertiary/aromatic N) is 4. The van der Waals surface area contributed by atoms with Gasteiger partial charge in [0.1, 0.15) is 5.69 Å². The Labute approximate surface area is 156 Å². The van der Waals surface area contributed by atoms with E-state index in [1.807, 2.05) is 31.3 Å². The van der Waals surface area contributed by atoms with E-state index < -0.39 is 0 Å². The van der Waals surface area contributed by atoms with E-state index in [-0.39, 0.29) is 5.91 Å². The van der Waals surface area contributed by atoms with E-state index in [0.29, 0.717) is 29.9 Å². The zero-order chi connectivity index (χ0) is 18.8. The van der Waals surface area contributed by atoms with E-state index in [1.165, 1.54) is 0 Å². The van der Waals surface area contributed by atoms with Gasteiger partial charge < -0.3 is 10.3 Å². The molecule has 0 bridgehead atoms. The molecule has 0 radical (unpaired) electrons. The predicted molar refractivity (Wildman–Crippen MR) is 103 cm³/mol. The Morgan fingerprint density at radius 1 is 1.22 bits per heavy atom. The van der Waals surface area contributed by atoms with Crippen LogP contribution in [0, 0.1) is 0 Å². The second-order valence-corrected chi connectivity index (χ2v) is 6.40. The second kappa shape index (κ2) is 7.03. The van der Waals surface area contributed by atoms with Gasteiger partial charge in [0.2, 0.25) is 0 Å². The highest BCUT2D eigenvalue weighted by atomic mass is 16.1. The topological polar surface area (TPSA) is 88.5 Å². The predicted octanol–water partition coefficient (Wildman–Crippen LogP) is 2.70. The first kappa shape index (κ1) is 17.0. The van der Waals surface area contributed by atoms with Gasteiger partial charge in [0, 0.05) is 48.4 Å². The standard InChI is InChI=1S/C20H20N6O/c1-3-21-20(27)14-10-15(23-18(11-14)19-12-26(2)25-24-19)9-13-5-4-6-17-16(13)7-8-22-17/h4-8,10-12,22H,3,9H2,1-2H3,(H,21,27). The van der Waals surface area contributed by atoms with E-state index in [2.05, 4.69) is 32.7 Å². The highest BCUT2D eigenvalue weighted by molar-refractivity contribution is 5.95. The molecule has 7 heteroatoms. The summed E-state index contributed by atoms with van der Waals surface area (Å²) < 4.78 is 1.62. The van der Waals surface area contributed by atoms with Gasteiger partial charge in [-0.1, -0.05) is 17.3 Å². The number of H-pyrrole nitrogens is 1. The van der Waals surface area contributed by atoms with Crippen molar-refractivity contribution in [3.63, 3.8) is 0 Å². The Balaban J connectivity index is 1.78. The van der Waals surface area contributed by atoms with Crippen LogP contribution in [-0.4, -0.2) is 37.4 Å². The van der Waals surface area contributed by atoms with Crippen LogP contribution in [0.1, 0.15) is 28.5 Å². The molecule has 0 atom stereocenters. The first-order valence-corrected chi connectivity index (χ1v) is 8.85. The van der Waals surface area contributed by atoms with Crippen molar-refractivity contribution in [2.75, 3.05) is 6.54 Å². The zero-order valence-electron chi connectivity index (χ0n) is 15.2. The van der Waals surface area contributed by atoms with Crippen LogP contribution in [0.4, 0.5) is 0 Å². The summed E-state index contributed by atoms with van der Waals surface area (Å²) in [7, 11) is 1.80. The van der Waals surface area contributed by atoms with Gasteiger partial charge in [-0.25, -0.2) is 0 Å². The number of hydrogen-bond donors (Lipinski definition) is 2. The van der Waals surface area contributed by atoms with Crippen molar-refractivity contribution in [3.05, 3.63) is 65.6 Å². The third-order valence-electron chi connectivity index (χ3n) is 4.40. The fraction of sp³-hybridized carbons (Fsp3) is 0.200. The molecule has 0 saturated carbocycles. The van der Waals surface area contributed by atoms with Crippen LogP contribution in [0.25, 0.3) is 22.3 Å². The molecule has 0 fully saturated rings. The molecule has 3 aromatic heterocycles. The number of hydrogen-bond acceptors (Lipinski definition) is 4. The molecule has 7 nitrogen and oxygen atoms in total. The highest BCUT2D eigenvalue weighted by Gasteiger charge is 2.14. The van der Waals surface area contributed by atoms with Gasteiger partial charge in [-0.05, 0) is 36.8 Å².